The molecule has 1 saturated heterocycles. The quantitative estimate of drug-likeness (QED) is 0.870. The first-order valence-corrected chi connectivity index (χ1v) is 8.43. The standard InChI is InChI=1S/C18H24N4/c1-21-13-19-20-18(21)16-9-10-22(17(11-16)15-7-8-15)12-14-5-3-2-4-6-14/h2-6,13,15-17H,7-12H2,1H3/t16-,17-/m1/s1. The van der Waals surface area contributed by atoms with Crippen molar-refractivity contribution >= 4 is 0 Å². The van der Waals surface area contributed by atoms with Gasteiger partial charge in [0, 0.05) is 25.6 Å². The van der Waals surface area contributed by atoms with Crippen LogP contribution in [0.2, 0.25) is 0 Å². The molecule has 0 spiro atoms. The summed E-state index contributed by atoms with van der Waals surface area (Å²) in [4.78, 5) is 2.71. The lowest BCUT2D eigenvalue weighted by molar-refractivity contribution is 0.107. The maximum atomic E-state index is 4.36. The molecule has 1 saturated carbocycles. The van der Waals surface area contributed by atoms with E-state index in [9.17, 15) is 0 Å². The van der Waals surface area contributed by atoms with Gasteiger partial charge in [-0.15, -0.1) is 10.2 Å². The van der Waals surface area contributed by atoms with Crippen LogP contribution >= 0.6 is 0 Å². The van der Waals surface area contributed by atoms with Gasteiger partial charge in [-0.2, -0.15) is 0 Å². The highest BCUT2D eigenvalue weighted by molar-refractivity contribution is 5.15. The van der Waals surface area contributed by atoms with Crippen LogP contribution in [0.5, 0.6) is 0 Å². The summed E-state index contributed by atoms with van der Waals surface area (Å²) in [6, 6.07) is 11.6. The number of hydrogen-bond acceptors (Lipinski definition) is 3. The van der Waals surface area contributed by atoms with Crippen LogP contribution in [0.25, 0.3) is 0 Å². The van der Waals surface area contributed by atoms with Crippen molar-refractivity contribution < 1.29 is 0 Å². The van der Waals surface area contributed by atoms with Crippen molar-refractivity contribution in [2.24, 2.45) is 13.0 Å². The molecule has 4 heteroatoms. The molecule has 116 valence electrons. The van der Waals surface area contributed by atoms with E-state index in [1.54, 1.807) is 0 Å². The average molecular weight is 296 g/mol. The number of likely N-dealkylation sites (tertiary alicyclic amines) is 1. The first kappa shape index (κ1) is 13.9. The molecule has 2 fully saturated rings. The Balaban J connectivity index is 1.49. The van der Waals surface area contributed by atoms with E-state index in [4.69, 9.17) is 0 Å². The van der Waals surface area contributed by atoms with Crippen LogP contribution in [0.1, 0.15) is 43.0 Å². The summed E-state index contributed by atoms with van der Waals surface area (Å²) < 4.78 is 2.10. The van der Waals surface area contributed by atoms with Gasteiger partial charge in [0.15, 0.2) is 0 Å². The Bertz CT molecular complexity index is 617. The molecule has 0 unspecified atom stereocenters. The van der Waals surface area contributed by atoms with Crippen molar-refractivity contribution in [3.63, 3.8) is 0 Å². The van der Waals surface area contributed by atoms with Gasteiger partial charge >= 0.3 is 0 Å². The van der Waals surface area contributed by atoms with Gasteiger partial charge in [-0.25, -0.2) is 0 Å². The third-order valence-corrected chi connectivity index (χ3v) is 5.27. The molecule has 2 atom stereocenters. The molecule has 0 N–H and O–H groups in total. The Morgan fingerprint density at radius 3 is 2.64 bits per heavy atom. The second kappa shape index (κ2) is 5.84. The van der Waals surface area contributed by atoms with E-state index < -0.39 is 0 Å². The number of benzene rings is 1. The molecular formula is C18H24N4. The Morgan fingerprint density at radius 2 is 1.95 bits per heavy atom. The molecule has 2 aromatic rings. The van der Waals surface area contributed by atoms with Gasteiger partial charge < -0.3 is 4.57 Å². The van der Waals surface area contributed by atoms with Gasteiger partial charge in [-0.05, 0) is 43.7 Å². The summed E-state index contributed by atoms with van der Waals surface area (Å²) in [7, 11) is 2.07. The van der Waals surface area contributed by atoms with E-state index in [0.29, 0.717) is 5.92 Å². The van der Waals surface area contributed by atoms with E-state index in [-0.39, 0.29) is 0 Å². The highest BCUT2D eigenvalue weighted by Crippen LogP contribution is 2.43. The molecule has 4 nitrogen and oxygen atoms in total. The average Bonchev–Trinajstić information content (AvgIpc) is 3.30. The smallest absolute Gasteiger partial charge is 0.135 e. The van der Waals surface area contributed by atoms with Gasteiger partial charge in [-0.1, -0.05) is 30.3 Å². The Labute approximate surface area is 132 Å². The van der Waals surface area contributed by atoms with Gasteiger partial charge in [0.2, 0.25) is 0 Å². The largest absolute Gasteiger partial charge is 0.320 e. The lowest BCUT2D eigenvalue weighted by Crippen LogP contribution is -2.43. The van der Waals surface area contributed by atoms with Gasteiger partial charge in [0.25, 0.3) is 0 Å². The normalized spacial score (nSPS) is 26.2. The summed E-state index contributed by atoms with van der Waals surface area (Å²) in [6.07, 6.45) is 7.08. The third kappa shape index (κ3) is 2.80. The van der Waals surface area contributed by atoms with Crippen LogP contribution in [-0.2, 0) is 13.6 Å². The molecule has 2 aliphatic rings. The van der Waals surface area contributed by atoms with Crippen LogP contribution in [0.4, 0.5) is 0 Å². The van der Waals surface area contributed by atoms with Crippen molar-refractivity contribution in [1.29, 1.82) is 0 Å². The van der Waals surface area contributed by atoms with Gasteiger partial charge in [0.05, 0.1) is 0 Å². The molecule has 0 radical (unpaired) electrons. The minimum absolute atomic E-state index is 0.574. The van der Waals surface area contributed by atoms with Gasteiger partial charge in [-0.3, -0.25) is 4.90 Å². The first-order valence-electron chi connectivity index (χ1n) is 8.43. The molecule has 1 aliphatic carbocycles. The summed E-state index contributed by atoms with van der Waals surface area (Å²) in [5.74, 6) is 2.65. The molecule has 2 heterocycles. The second-order valence-electron chi connectivity index (χ2n) is 6.88. The van der Waals surface area contributed by atoms with Crippen LogP contribution < -0.4 is 0 Å². The van der Waals surface area contributed by atoms with Crippen LogP contribution in [0.3, 0.4) is 0 Å². The molecular weight excluding hydrogens is 272 g/mol. The van der Waals surface area contributed by atoms with Crippen molar-refractivity contribution in [2.75, 3.05) is 6.54 Å². The number of aromatic nitrogens is 3. The van der Waals surface area contributed by atoms with Gasteiger partial charge in [0.1, 0.15) is 12.2 Å². The van der Waals surface area contributed by atoms with Crippen LogP contribution in [0.15, 0.2) is 36.7 Å². The summed E-state index contributed by atoms with van der Waals surface area (Å²) >= 11 is 0. The fourth-order valence-electron chi connectivity index (χ4n) is 3.93. The maximum Gasteiger partial charge on any atom is 0.135 e. The van der Waals surface area contributed by atoms with Crippen LogP contribution in [0, 0.1) is 5.92 Å². The number of piperidine rings is 1. The monoisotopic (exact) mass is 296 g/mol. The molecule has 0 amide bonds. The minimum Gasteiger partial charge on any atom is -0.320 e. The predicted molar refractivity (Wildman–Crippen MR) is 86.3 cm³/mol. The third-order valence-electron chi connectivity index (χ3n) is 5.27. The zero-order valence-corrected chi connectivity index (χ0v) is 13.2. The summed E-state index contributed by atoms with van der Waals surface area (Å²) in [5, 5.41) is 8.43. The molecule has 1 aromatic heterocycles. The number of hydrogen-bond donors (Lipinski definition) is 0. The number of aryl methyl sites for hydroxylation is 1. The number of rotatable bonds is 4. The fourth-order valence-corrected chi connectivity index (χ4v) is 3.93. The molecule has 1 aliphatic heterocycles. The highest BCUT2D eigenvalue weighted by atomic mass is 15.3. The minimum atomic E-state index is 0.574. The first-order chi connectivity index (χ1) is 10.8. The zero-order valence-electron chi connectivity index (χ0n) is 13.2. The molecule has 1 aromatic carbocycles. The van der Waals surface area contributed by atoms with Crippen molar-refractivity contribution in [2.45, 2.75) is 44.2 Å². The lowest BCUT2D eigenvalue weighted by atomic mass is 9.87. The predicted octanol–water partition coefficient (Wildman–Crippen LogP) is 2.97. The highest BCUT2D eigenvalue weighted by Gasteiger charge is 2.40. The second-order valence-corrected chi connectivity index (χ2v) is 6.88. The van der Waals surface area contributed by atoms with Crippen LogP contribution in [-0.4, -0.2) is 32.3 Å². The molecule has 22 heavy (non-hydrogen) atoms. The number of nitrogens with zero attached hydrogens (tertiary/aromatic N) is 4. The summed E-state index contributed by atoms with van der Waals surface area (Å²) in [5.41, 5.74) is 1.44. The van der Waals surface area contributed by atoms with E-state index in [2.05, 4.69) is 57.0 Å². The Kier molecular flexibility index (Phi) is 3.70. The van der Waals surface area contributed by atoms with Crippen molar-refractivity contribution in [3.8, 4) is 0 Å². The Hall–Kier alpha value is -1.68. The molecule has 4 rings (SSSR count). The van der Waals surface area contributed by atoms with Crippen molar-refractivity contribution in [3.05, 3.63) is 48.0 Å². The Morgan fingerprint density at radius 1 is 1.14 bits per heavy atom. The SMILES string of the molecule is Cn1cnnc1[C@@H]1CCN(Cc2ccccc2)[C@@H](C2CC2)C1. The van der Waals surface area contributed by atoms with Crippen molar-refractivity contribution in [1.82, 2.24) is 19.7 Å². The lowest BCUT2D eigenvalue weighted by Gasteiger charge is -2.39. The maximum absolute atomic E-state index is 4.36. The van der Waals surface area contributed by atoms with E-state index in [1.165, 1.54) is 43.6 Å². The van der Waals surface area contributed by atoms with E-state index in [0.717, 1.165) is 18.5 Å². The van der Waals surface area contributed by atoms with E-state index >= 15 is 0 Å². The zero-order chi connectivity index (χ0) is 14.9. The topological polar surface area (TPSA) is 34.0 Å². The van der Waals surface area contributed by atoms with E-state index in [1.807, 2.05) is 6.33 Å². The molecule has 0 bridgehead atoms. The summed E-state index contributed by atoms with van der Waals surface area (Å²) in [6.45, 7) is 2.27. The fraction of sp³-hybridized carbons (Fsp3) is 0.556.